The van der Waals surface area contributed by atoms with Crippen molar-refractivity contribution in [2.24, 2.45) is 0 Å². The molecule has 1 aliphatic heterocycles. The number of urea groups is 1. The van der Waals surface area contributed by atoms with Crippen molar-refractivity contribution >= 4 is 37.2 Å². The maximum absolute atomic E-state index is 12.8. The molecular formula is C22H26N4O2SSi. The third-order valence-electron chi connectivity index (χ3n) is 5.77. The van der Waals surface area contributed by atoms with Crippen LogP contribution in [0.1, 0.15) is 26.3 Å². The topological polar surface area (TPSA) is 67.3 Å². The average molecular weight is 439 g/mol. The molecule has 0 saturated heterocycles. The van der Waals surface area contributed by atoms with Crippen molar-refractivity contribution in [3.05, 3.63) is 53.7 Å². The highest BCUT2D eigenvalue weighted by Gasteiger charge is 2.39. The normalized spacial score (nSPS) is 14.3. The molecule has 3 aromatic rings. The van der Waals surface area contributed by atoms with Crippen LogP contribution in [0.3, 0.4) is 0 Å². The maximum Gasteiger partial charge on any atom is 0.327 e. The molecule has 1 N–H and O–H groups in total. The van der Waals surface area contributed by atoms with E-state index in [9.17, 15) is 4.79 Å². The molecule has 4 rings (SSSR count). The predicted molar refractivity (Wildman–Crippen MR) is 125 cm³/mol. The van der Waals surface area contributed by atoms with E-state index in [1.807, 2.05) is 35.7 Å². The predicted octanol–water partition coefficient (Wildman–Crippen LogP) is 6.14. The lowest BCUT2D eigenvalue weighted by Crippen LogP contribution is -2.44. The standard InChI is InChI=1S/C22H26N4O2SSi/c1-22(2,3)30(4,5)28-17-7-6-16-13-26(21(27)24-18(16)12-17)19-14-29-20(25-19)15-8-10-23-11-9-15/h6-12,14H,13H2,1-5H3,(H,24,27). The Labute approximate surface area is 182 Å². The van der Waals surface area contributed by atoms with E-state index in [2.05, 4.69) is 49.1 Å². The number of hydrogen-bond acceptors (Lipinski definition) is 5. The van der Waals surface area contributed by atoms with Gasteiger partial charge in [-0.3, -0.25) is 9.88 Å². The van der Waals surface area contributed by atoms with E-state index in [1.165, 1.54) is 11.3 Å². The van der Waals surface area contributed by atoms with Gasteiger partial charge < -0.3 is 9.74 Å². The van der Waals surface area contributed by atoms with Crippen molar-refractivity contribution in [2.75, 3.05) is 10.2 Å². The van der Waals surface area contributed by atoms with Crippen LogP contribution >= 0.6 is 11.3 Å². The zero-order chi connectivity index (χ0) is 21.5. The fraction of sp³-hybridized carbons (Fsp3) is 0.318. The molecule has 2 amide bonds. The van der Waals surface area contributed by atoms with E-state index in [4.69, 9.17) is 4.43 Å². The highest BCUT2D eigenvalue weighted by atomic mass is 32.1. The van der Waals surface area contributed by atoms with E-state index in [-0.39, 0.29) is 11.1 Å². The summed E-state index contributed by atoms with van der Waals surface area (Å²) in [6.07, 6.45) is 3.48. The molecule has 3 heterocycles. The Balaban J connectivity index is 1.55. The largest absolute Gasteiger partial charge is 0.543 e. The number of aromatic nitrogens is 2. The molecule has 0 unspecified atom stereocenters. The molecule has 8 heteroatoms. The lowest BCUT2D eigenvalue weighted by molar-refractivity contribution is 0.256. The molecule has 30 heavy (non-hydrogen) atoms. The molecule has 0 spiro atoms. The Kier molecular flexibility index (Phi) is 5.15. The number of thiazole rings is 1. The van der Waals surface area contributed by atoms with E-state index >= 15 is 0 Å². The zero-order valence-corrected chi connectivity index (χ0v) is 19.7. The number of benzene rings is 1. The van der Waals surface area contributed by atoms with Gasteiger partial charge in [-0.25, -0.2) is 9.78 Å². The van der Waals surface area contributed by atoms with Crippen LogP contribution in [-0.4, -0.2) is 24.3 Å². The van der Waals surface area contributed by atoms with E-state index < -0.39 is 8.32 Å². The van der Waals surface area contributed by atoms with Gasteiger partial charge in [0.1, 0.15) is 16.6 Å². The molecule has 0 bridgehead atoms. The summed E-state index contributed by atoms with van der Waals surface area (Å²) in [5.74, 6) is 1.46. The third-order valence-corrected chi connectivity index (χ3v) is 11.0. The number of carbonyl (C=O) groups is 1. The number of rotatable bonds is 4. The molecule has 0 atom stereocenters. The zero-order valence-electron chi connectivity index (χ0n) is 17.9. The minimum atomic E-state index is -1.94. The van der Waals surface area contributed by atoms with Gasteiger partial charge >= 0.3 is 6.03 Å². The first-order valence-corrected chi connectivity index (χ1v) is 13.7. The molecule has 0 saturated carbocycles. The van der Waals surface area contributed by atoms with Gasteiger partial charge in [-0.1, -0.05) is 26.8 Å². The van der Waals surface area contributed by atoms with Gasteiger partial charge in [0.15, 0.2) is 0 Å². The summed E-state index contributed by atoms with van der Waals surface area (Å²) in [5.41, 5.74) is 2.83. The van der Waals surface area contributed by atoms with Crippen molar-refractivity contribution in [1.29, 1.82) is 0 Å². The second-order valence-electron chi connectivity index (χ2n) is 8.94. The molecule has 0 fully saturated rings. The van der Waals surface area contributed by atoms with Crippen molar-refractivity contribution in [2.45, 2.75) is 45.4 Å². The first-order chi connectivity index (χ1) is 14.1. The summed E-state index contributed by atoms with van der Waals surface area (Å²) in [6.45, 7) is 11.5. The van der Waals surface area contributed by atoms with Crippen LogP contribution in [0, 0.1) is 0 Å². The number of fused-ring (bicyclic) bond motifs is 1. The maximum atomic E-state index is 12.8. The quantitative estimate of drug-likeness (QED) is 0.497. The number of amides is 2. The number of carbonyl (C=O) groups excluding carboxylic acids is 1. The fourth-order valence-corrected chi connectivity index (χ4v) is 4.79. The Morgan fingerprint density at radius 2 is 1.90 bits per heavy atom. The van der Waals surface area contributed by atoms with Crippen molar-refractivity contribution < 1.29 is 9.22 Å². The molecular weight excluding hydrogens is 412 g/mol. The molecule has 0 radical (unpaired) electrons. The van der Waals surface area contributed by atoms with Gasteiger partial charge in [-0.05, 0) is 41.9 Å². The van der Waals surface area contributed by atoms with Gasteiger partial charge in [0.25, 0.3) is 0 Å². The van der Waals surface area contributed by atoms with Crippen LogP contribution in [0.25, 0.3) is 10.6 Å². The first kappa shape index (κ1) is 20.6. The van der Waals surface area contributed by atoms with Crippen LogP contribution in [0.4, 0.5) is 16.3 Å². The summed E-state index contributed by atoms with van der Waals surface area (Å²) < 4.78 is 6.39. The number of pyridine rings is 1. The van der Waals surface area contributed by atoms with E-state index in [1.54, 1.807) is 17.3 Å². The van der Waals surface area contributed by atoms with Gasteiger partial charge in [0, 0.05) is 29.4 Å². The molecule has 1 aliphatic rings. The number of nitrogens with zero attached hydrogens (tertiary/aromatic N) is 3. The van der Waals surface area contributed by atoms with Crippen LogP contribution in [-0.2, 0) is 6.54 Å². The van der Waals surface area contributed by atoms with E-state index in [0.29, 0.717) is 12.4 Å². The van der Waals surface area contributed by atoms with Gasteiger partial charge in [0.2, 0.25) is 8.32 Å². The average Bonchev–Trinajstić information content (AvgIpc) is 3.17. The van der Waals surface area contributed by atoms with Crippen molar-refractivity contribution in [1.82, 2.24) is 9.97 Å². The van der Waals surface area contributed by atoms with Crippen molar-refractivity contribution in [3.8, 4) is 16.3 Å². The summed E-state index contributed by atoms with van der Waals surface area (Å²) in [5, 5.41) is 5.89. The molecule has 0 aliphatic carbocycles. The number of hydrogen-bond donors (Lipinski definition) is 1. The summed E-state index contributed by atoms with van der Waals surface area (Å²) in [6, 6.07) is 9.61. The van der Waals surface area contributed by atoms with Crippen LogP contribution in [0.5, 0.6) is 5.75 Å². The fourth-order valence-electron chi connectivity index (χ4n) is 2.95. The SMILES string of the molecule is CC(C)(C)[Si](C)(C)Oc1ccc2c(c1)NC(=O)N(c1csc(-c3ccncc3)n1)C2. The monoisotopic (exact) mass is 438 g/mol. The summed E-state index contributed by atoms with van der Waals surface area (Å²) >= 11 is 1.51. The first-order valence-electron chi connectivity index (χ1n) is 9.90. The molecule has 156 valence electrons. The number of nitrogens with one attached hydrogen (secondary N) is 1. The Bertz CT molecular complexity index is 1080. The third kappa shape index (κ3) is 3.97. The summed E-state index contributed by atoms with van der Waals surface area (Å²) in [7, 11) is -1.94. The second kappa shape index (κ2) is 7.52. The minimum absolute atomic E-state index is 0.111. The lowest BCUT2D eigenvalue weighted by Gasteiger charge is -2.37. The van der Waals surface area contributed by atoms with Gasteiger partial charge in [-0.15, -0.1) is 11.3 Å². The second-order valence-corrected chi connectivity index (χ2v) is 14.5. The van der Waals surface area contributed by atoms with Gasteiger partial charge in [0.05, 0.1) is 12.2 Å². The molecule has 6 nitrogen and oxygen atoms in total. The Morgan fingerprint density at radius 3 is 2.60 bits per heavy atom. The summed E-state index contributed by atoms with van der Waals surface area (Å²) in [4.78, 5) is 23.2. The highest BCUT2D eigenvalue weighted by molar-refractivity contribution is 7.13. The Hall–Kier alpha value is -2.71. The van der Waals surface area contributed by atoms with Crippen LogP contribution in [0.15, 0.2) is 48.1 Å². The Morgan fingerprint density at radius 1 is 1.17 bits per heavy atom. The minimum Gasteiger partial charge on any atom is -0.543 e. The van der Waals surface area contributed by atoms with Crippen LogP contribution in [0.2, 0.25) is 18.1 Å². The van der Waals surface area contributed by atoms with Crippen molar-refractivity contribution in [3.63, 3.8) is 0 Å². The lowest BCUT2D eigenvalue weighted by atomic mass is 10.1. The molecule has 1 aromatic carbocycles. The van der Waals surface area contributed by atoms with Crippen LogP contribution < -0.4 is 14.6 Å². The van der Waals surface area contributed by atoms with Gasteiger partial charge in [-0.2, -0.15) is 0 Å². The number of anilines is 2. The smallest absolute Gasteiger partial charge is 0.327 e. The molecule has 2 aromatic heterocycles. The van der Waals surface area contributed by atoms with E-state index in [0.717, 1.165) is 27.6 Å². The highest BCUT2D eigenvalue weighted by Crippen LogP contribution is 2.39.